The topological polar surface area (TPSA) is 50.8 Å². The third-order valence-electron chi connectivity index (χ3n) is 2.75. The number of unbranched alkanes of at least 4 members (excludes halogenated alkanes) is 4. The molecule has 0 saturated carbocycles. The third kappa shape index (κ3) is 26.9. The van der Waals surface area contributed by atoms with Crippen LogP contribution in [-0.2, 0) is 11.4 Å². The predicted octanol–water partition coefficient (Wildman–Crippen LogP) is 0.572. The molecule has 0 spiro atoms. The molecule has 0 aromatic carbocycles. The molecular weight excluding hydrogens is 322 g/mol. The van der Waals surface area contributed by atoms with Crippen LogP contribution in [0.2, 0.25) is 0 Å². The van der Waals surface area contributed by atoms with Crippen LogP contribution in [0.4, 0.5) is 0 Å². The van der Waals surface area contributed by atoms with Crippen LogP contribution in [0.1, 0.15) is 79.1 Å². The molecule has 0 rings (SSSR count). The maximum Gasteiger partial charge on any atom is 1.00 e. The largest absolute Gasteiger partial charge is 1.00 e. The van der Waals surface area contributed by atoms with Gasteiger partial charge in [0.25, 0.3) is 0 Å². The van der Waals surface area contributed by atoms with Gasteiger partial charge in [0, 0.05) is 19.8 Å². The molecule has 0 aromatic rings. The Kier molecular flexibility index (Phi) is 36.4. The summed E-state index contributed by atoms with van der Waals surface area (Å²) in [6.45, 7) is 10.9. The third-order valence-corrected chi connectivity index (χ3v) is 4.28. The Morgan fingerprint density at radius 2 is 0.955 bits per heavy atom. The zero-order valence-corrected chi connectivity index (χ0v) is 20.0. The summed E-state index contributed by atoms with van der Waals surface area (Å²) in [5.41, 5.74) is 0. The van der Waals surface area contributed by atoms with Gasteiger partial charge in [-0.15, -0.1) is 6.61 Å². The van der Waals surface area contributed by atoms with E-state index in [4.69, 9.17) is 11.4 Å². The van der Waals surface area contributed by atoms with Crippen molar-refractivity contribution in [3.8, 4) is 0 Å². The minimum absolute atomic E-state index is 0. The Bertz CT molecular complexity index is 150. The van der Waals surface area contributed by atoms with Crippen molar-refractivity contribution in [2.75, 3.05) is 26.4 Å². The minimum atomic E-state index is -1.83. The van der Waals surface area contributed by atoms with Crippen molar-refractivity contribution < 1.29 is 67.9 Å². The summed E-state index contributed by atoms with van der Waals surface area (Å²) in [4.78, 5) is 0. The maximum absolute atomic E-state index is 9.53. The summed E-state index contributed by atoms with van der Waals surface area (Å²) in [6.07, 6.45) is 8.62. The van der Waals surface area contributed by atoms with Crippen LogP contribution in [-0.4, -0.2) is 41.6 Å². The quantitative estimate of drug-likeness (QED) is 0.337. The summed E-state index contributed by atoms with van der Waals surface area (Å²) in [5.74, 6) is 0. The first-order valence-corrected chi connectivity index (χ1v) is 10.1. The van der Waals surface area contributed by atoms with E-state index >= 15 is 0 Å². The van der Waals surface area contributed by atoms with Crippen molar-refractivity contribution in [1.82, 2.24) is 0 Å². The first-order chi connectivity index (χ1) is 10.3. The van der Waals surface area contributed by atoms with Crippen LogP contribution >= 0.6 is 0 Å². The van der Waals surface area contributed by atoms with Crippen LogP contribution in [0.3, 0.4) is 0 Å². The Balaban J connectivity index is -0.000000520. The SMILES string of the molecule is CCCC[O-].CCCC[O][Al]([O]CCCC)[O]CCCC.[K+]. The minimum Gasteiger partial charge on any atom is -0.854 e. The first-order valence-electron chi connectivity index (χ1n) is 8.69. The molecule has 0 bridgehead atoms. The summed E-state index contributed by atoms with van der Waals surface area (Å²) in [7, 11) is 0. The van der Waals surface area contributed by atoms with Crippen molar-refractivity contribution in [2.45, 2.75) is 79.1 Å². The summed E-state index contributed by atoms with van der Waals surface area (Å²) < 4.78 is 17.0. The van der Waals surface area contributed by atoms with E-state index in [0.717, 1.165) is 71.2 Å². The van der Waals surface area contributed by atoms with Crippen molar-refractivity contribution >= 4 is 15.1 Å². The summed E-state index contributed by atoms with van der Waals surface area (Å²) >= 11 is -1.83. The van der Waals surface area contributed by atoms with E-state index in [1.165, 1.54) is 0 Å². The van der Waals surface area contributed by atoms with Crippen LogP contribution < -0.4 is 56.5 Å². The molecule has 0 atom stereocenters. The van der Waals surface area contributed by atoms with Gasteiger partial charge in [0.1, 0.15) is 0 Å². The molecular formula is C16H36AlKO4. The first kappa shape index (κ1) is 28.8. The number of hydrogen-bond donors (Lipinski definition) is 0. The van der Waals surface area contributed by atoms with Gasteiger partial charge in [-0.05, 0) is 19.3 Å². The smallest absolute Gasteiger partial charge is 0.854 e. The van der Waals surface area contributed by atoms with Gasteiger partial charge in [-0.2, -0.15) is 0 Å². The molecule has 128 valence electrons. The molecule has 4 nitrogen and oxygen atoms in total. The number of rotatable bonds is 14. The molecule has 0 fully saturated rings. The second-order valence-corrected chi connectivity index (χ2v) is 6.60. The normalized spacial score (nSPS) is 9.68. The summed E-state index contributed by atoms with van der Waals surface area (Å²) in [5, 5.41) is 9.53. The van der Waals surface area contributed by atoms with E-state index in [0.29, 0.717) is 0 Å². The van der Waals surface area contributed by atoms with Crippen LogP contribution in [0.25, 0.3) is 0 Å². The standard InChI is InChI=1S/4C4H9O.Al.K/c4*1-2-3-4-5;;/h4*2-4H2,1H3;;/q4*-1;+3;+1. The van der Waals surface area contributed by atoms with Crippen molar-refractivity contribution in [3.05, 3.63) is 0 Å². The van der Waals surface area contributed by atoms with Crippen molar-refractivity contribution in [1.29, 1.82) is 0 Å². The zero-order chi connectivity index (χ0) is 16.2. The van der Waals surface area contributed by atoms with Crippen LogP contribution in [0.5, 0.6) is 0 Å². The van der Waals surface area contributed by atoms with E-state index in [-0.39, 0.29) is 58.0 Å². The van der Waals surface area contributed by atoms with Gasteiger partial charge in [0.05, 0.1) is 0 Å². The van der Waals surface area contributed by atoms with Gasteiger partial charge < -0.3 is 16.5 Å². The average Bonchev–Trinajstić information content (AvgIpc) is 2.49. The summed E-state index contributed by atoms with van der Waals surface area (Å²) in [6, 6.07) is 0. The molecule has 0 aliphatic carbocycles. The van der Waals surface area contributed by atoms with E-state index in [9.17, 15) is 5.11 Å². The Hall–Kier alpha value is 2.01. The second kappa shape index (κ2) is 27.8. The maximum atomic E-state index is 9.53. The molecule has 6 heteroatoms. The van der Waals surface area contributed by atoms with Gasteiger partial charge in [0.15, 0.2) is 0 Å². The van der Waals surface area contributed by atoms with Gasteiger partial charge in [0.2, 0.25) is 0 Å². The molecule has 0 unspecified atom stereocenters. The van der Waals surface area contributed by atoms with E-state index in [1.807, 2.05) is 6.92 Å². The van der Waals surface area contributed by atoms with Gasteiger partial charge >= 0.3 is 66.5 Å². The van der Waals surface area contributed by atoms with E-state index < -0.39 is 15.1 Å². The predicted molar refractivity (Wildman–Crippen MR) is 88.1 cm³/mol. The molecule has 0 N–H and O–H groups in total. The molecule has 22 heavy (non-hydrogen) atoms. The van der Waals surface area contributed by atoms with Crippen LogP contribution in [0.15, 0.2) is 0 Å². The molecule has 0 saturated heterocycles. The molecule has 0 amide bonds. The zero-order valence-electron chi connectivity index (χ0n) is 15.7. The molecule has 0 aromatic heterocycles. The number of hydrogen-bond acceptors (Lipinski definition) is 4. The van der Waals surface area contributed by atoms with Gasteiger partial charge in [-0.25, -0.2) is 0 Å². The Labute approximate surface area is 186 Å². The molecule has 0 aliphatic rings. The van der Waals surface area contributed by atoms with E-state index in [1.54, 1.807) is 0 Å². The Morgan fingerprint density at radius 3 is 1.14 bits per heavy atom. The fraction of sp³-hybridized carbons (Fsp3) is 1.00. The molecule has 0 heterocycles. The monoisotopic (exact) mass is 358 g/mol. The average molecular weight is 359 g/mol. The van der Waals surface area contributed by atoms with E-state index in [2.05, 4.69) is 20.8 Å². The molecule has 0 radical (unpaired) electrons. The second-order valence-electron chi connectivity index (χ2n) is 5.02. The van der Waals surface area contributed by atoms with Crippen molar-refractivity contribution in [2.24, 2.45) is 0 Å². The van der Waals surface area contributed by atoms with Crippen molar-refractivity contribution in [3.63, 3.8) is 0 Å². The fourth-order valence-electron chi connectivity index (χ4n) is 1.26. The van der Waals surface area contributed by atoms with Crippen LogP contribution in [0, 0.1) is 0 Å². The van der Waals surface area contributed by atoms with Gasteiger partial charge in [-0.3, -0.25) is 0 Å². The van der Waals surface area contributed by atoms with Gasteiger partial charge in [-0.1, -0.05) is 59.8 Å². The fourth-order valence-corrected chi connectivity index (χ4v) is 2.63. The Morgan fingerprint density at radius 1 is 0.636 bits per heavy atom. The molecule has 0 aliphatic heterocycles.